The lowest BCUT2D eigenvalue weighted by atomic mass is 9.94. The second kappa shape index (κ2) is 11.6. The van der Waals surface area contributed by atoms with Crippen molar-refractivity contribution in [2.75, 3.05) is 46.5 Å². The third-order valence-corrected chi connectivity index (χ3v) is 6.70. The molecule has 0 saturated carbocycles. The fourth-order valence-corrected chi connectivity index (χ4v) is 4.96. The highest BCUT2D eigenvalue weighted by Crippen LogP contribution is 2.43. The fraction of sp³-hybridized carbons (Fsp3) is 0.429. The molecule has 0 spiro atoms. The number of amides is 1. The number of carbonyl (C=O) groups is 2. The van der Waals surface area contributed by atoms with Gasteiger partial charge in [0.1, 0.15) is 17.3 Å². The number of likely N-dealkylation sites (tertiary alicyclic amines) is 2. The molecule has 1 amide bonds. The monoisotopic (exact) mass is 512 g/mol. The summed E-state index contributed by atoms with van der Waals surface area (Å²) < 4.78 is 30.9. The predicted octanol–water partition coefficient (Wildman–Crippen LogP) is 4.15. The van der Waals surface area contributed by atoms with E-state index < -0.39 is 29.3 Å². The van der Waals surface area contributed by atoms with Crippen LogP contribution < -0.4 is 14.2 Å². The number of hydrogen-bond donors (Lipinski definition) is 1. The molecule has 2 aromatic carbocycles. The van der Waals surface area contributed by atoms with Crippen molar-refractivity contribution in [3.05, 3.63) is 58.9 Å². The molecule has 2 saturated heterocycles. The first kappa shape index (κ1) is 26.5. The molecule has 2 aliphatic rings. The van der Waals surface area contributed by atoms with Gasteiger partial charge in [0.25, 0.3) is 11.7 Å². The molecule has 0 bridgehead atoms. The van der Waals surface area contributed by atoms with Crippen molar-refractivity contribution in [2.45, 2.75) is 32.7 Å². The van der Waals surface area contributed by atoms with Crippen molar-refractivity contribution in [1.29, 1.82) is 0 Å². The van der Waals surface area contributed by atoms with Crippen LogP contribution in [0.3, 0.4) is 0 Å². The Morgan fingerprint density at radius 3 is 2.32 bits per heavy atom. The zero-order chi connectivity index (χ0) is 26.5. The summed E-state index contributed by atoms with van der Waals surface area (Å²) >= 11 is 0. The van der Waals surface area contributed by atoms with Gasteiger partial charge in [-0.2, -0.15) is 0 Å². The number of methoxy groups -OCH3 is 1. The molecule has 2 heterocycles. The van der Waals surface area contributed by atoms with E-state index in [1.807, 2.05) is 13.8 Å². The average molecular weight is 513 g/mol. The molecule has 0 radical (unpaired) electrons. The predicted molar refractivity (Wildman–Crippen MR) is 136 cm³/mol. The summed E-state index contributed by atoms with van der Waals surface area (Å²) in [5.41, 5.74) is 0.451. The highest BCUT2D eigenvalue weighted by molar-refractivity contribution is 6.46. The Hall–Kier alpha value is -3.59. The lowest BCUT2D eigenvalue weighted by Crippen LogP contribution is -2.37. The molecular weight excluding hydrogens is 479 g/mol. The van der Waals surface area contributed by atoms with Gasteiger partial charge in [0.05, 0.1) is 37.5 Å². The Kier molecular flexibility index (Phi) is 8.33. The van der Waals surface area contributed by atoms with Gasteiger partial charge < -0.3 is 29.1 Å². The Morgan fingerprint density at radius 1 is 0.973 bits per heavy atom. The van der Waals surface area contributed by atoms with E-state index in [0.29, 0.717) is 43.4 Å². The molecule has 2 fully saturated rings. The normalized spacial score (nSPS) is 19.5. The van der Waals surface area contributed by atoms with E-state index >= 15 is 0 Å². The highest BCUT2D eigenvalue weighted by atomic mass is 19.1. The van der Waals surface area contributed by atoms with Gasteiger partial charge in [0.15, 0.2) is 11.5 Å². The molecule has 1 atom stereocenters. The van der Waals surface area contributed by atoms with Crippen molar-refractivity contribution < 1.29 is 33.3 Å². The van der Waals surface area contributed by atoms with Crippen LogP contribution in [0.5, 0.6) is 17.2 Å². The van der Waals surface area contributed by atoms with E-state index in [0.717, 1.165) is 32.0 Å². The van der Waals surface area contributed by atoms with Crippen LogP contribution in [0.1, 0.15) is 43.9 Å². The summed E-state index contributed by atoms with van der Waals surface area (Å²) in [6.07, 6.45) is 2.19. The summed E-state index contributed by atoms with van der Waals surface area (Å²) in [6, 6.07) is 7.97. The summed E-state index contributed by atoms with van der Waals surface area (Å²) in [7, 11) is 1.39. The van der Waals surface area contributed by atoms with Gasteiger partial charge in [0.2, 0.25) is 0 Å². The SMILES string of the molecule is CCOc1ccc(C2/C(=C(\O)c3cc(F)ccc3OC)C(=O)C(=O)N2CCN2CCCC2)cc1OCC. The summed E-state index contributed by atoms with van der Waals surface area (Å²) in [5, 5.41) is 11.4. The number of hydrogen-bond acceptors (Lipinski definition) is 7. The number of ether oxygens (including phenoxy) is 3. The first-order valence-electron chi connectivity index (χ1n) is 12.6. The molecule has 2 aromatic rings. The van der Waals surface area contributed by atoms with Crippen molar-refractivity contribution in [3.8, 4) is 17.2 Å². The van der Waals surface area contributed by atoms with Crippen LogP contribution in [-0.4, -0.2) is 73.1 Å². The van der Waals surface area contributed by atoms with E-state index in [2.05, 4.69) is 4.90 Å². The number of aliphatic hydroxyl groups excluding tert-OH is 1. The minimum atomic E-state index is -0.898. The van der Waals surface area contributed by atoms with Crippen molar-refractivity contribution in [3.63, 3.8) is 0 Å². The number of carbonyl (C=O) groups excluding carboxylic acids is 2. The molecule has 2 aliphatic heterocycles. The van der Waals surface area contributed by atoms with Crippen molar-refractivity contribution >= 4 is 17.4 Å². The van der Waals surface area contributed by atoms with E-state index in [1.54, 1.807) is 18.2 Å². The number of Topliss-reactive ketones (excluding diaryl/α,β-unsaturated/α-hetero) is 1. The van der Waals surface area contributed by atoms with E-state index in [-0.39, 0.29) is 16.9 Å². The first-order valence-corrected chi connectivity index (χ1v) is 12.6. The maximum absolute atomic E-state index is 14.2. The minimum absolute atomic E-state index is 0.000936. The molecule has 1 unspecified atom stereocenters. The second-order valence-electron chi connectivity index (χ2n) is 8.96. The Morgan fingerprint density at radius 2 is 1.65 bits per heavy atom. The third-order valence-electron chi connectivity index (χ3n) is 6.70. The van der Waals surface area contributed by atoms with Gasteiger partial charge in [-0.1, -0.05) is 6.07 Å². The Balaban J connectivity index is 1.85. The number of benzene rings is 2. The zero-order valence-electron chi connectivity index (χ0n) is 21.5. The fourth-order valence-electron chi connectivity index (χ4n) is 4.96. The van der Waals surface area contributed by atoms with E-state index in [1.165, 1.54) is 24.1 Å². The number of nitrogens with zero attached hydrogens (tertiary/aromatic N) is 2. The molecule has 37 heavy (non-hydrogen) atoms. The standard InChI is InChI=1S/C28H33FN2O6/c1-4-36-22-10-8-18(16-23(22)37-5-2)25-24(26(32)20-17-19(29)9-11-21(20)35-3)27(33)28(34)31(25)15-14-30-12-6-7-13-30/h8-11,16-17,25,32H,4-7,12-15H2,1-3H3/b26-24+. The maximum atomic E-state index is 14.2. The van der Waals surface area contributed by atoms with Gasteiger partial charge in [-0.05, 0) is 75.7 Å². The smallest absolute Gasteiger partial charge is 0.295 e. The van der Waals surface area contributed by atoms with Crippen LogP contribution in [-0.2, 0) is 9.59 Å². The minimum Gasteiger partial charge on any atom is -0.507 e. The molecule has 8 nitrogen and oxygen atoms in total. The molecule has 1 N–H and O–H groups in total. The molecular formula is C28H33FN2O6. The largest absolute Gasteiger partial charge is 0.507 e. The summed E-state index contributed by atoms with van der Waals surface area (Å²) in [5.74, 6) is -1.46. The maximum Gasteiger partial charge on any atom is 0.295 e. The van der Waals surface area contributed by atoms with Gasteiger partial charge in [0, 0.05) is 13.1 Å². The topological polar surface area (TPSA) is 88.5 Å². The first-order chi connectivity index (χ1) is 17.9. The second-order valence-corrected chi connectivity index (χ2v) is 8.96. The average Bonchev–Trinajstić information content (AvgIpc) is 3.50. The summed E-state index contributed by atoms with van der Waals surface area (Å²) in [4.78, 5) is 30.4. The van der Waals surface area contributed by atoms with Crippen LogP contribution >= 0.6 is 0 Å². The number of aliphatic hydroxyl groups is 1. The van der Waals surface area contributed by atoms with Crippen molar-refractivity contribution in [2.24, 2.45) is 0 Å². The van der Waals surface area contributed by atoms with Gasteiger partial charge >= 0.3 is 0 Å². The van der Waals surface area contributed by atoms with Crippen LogP contribution in [0.15, 0.2) is 42.0 Å². The van der Waals surface area contributed by atoms with Gasteiger partial charge in [-0.3, -0.25) is 9.59 Å². The van der Waals surface area contributed by atoms with Crippen molar-refractivity contribution in [1.82, 2.24) is 9.80 Å². The molecule has 0 aliphatic carbocycles. The highest BCUT2D eigenvalue weighted by Gasteiger charge is 2.46. The molecule has 198 valence electrons. The molecule has 4 rings (SSSR count). The Labute approximate surface area is 216 Å². The van der Waals surface area contributed by atoms with Crippen LogP contribution in [0.25, 0.3) is 5.76 Å². The van der Waals surface area contributed by atoms with Crippen LogP contribution in [0, 0.1) is 5.82 Å². The van der Waals surface area contributed by atoms with Gasteiger partial charge in [-0.15, -0.1) is 0 Å². The summed E-state index contributed by atoms with van der Waals surface area (Å²) in [6.45, 7) is 7.31. The third kappa shape index (κ3) is 5.41. The number of halogens is 1. The van der Waals surface area contributed by atoms with E-state index in [9.17, 15) is 19.1 Å². The quantitative estimate of drug-likeness (QED) is 0.291. The van der Waals surface area contributed by atoms with Gasteiger partial charge in [-0.25, -0.2) is 4.39 Å². The number of ketones is 1. The molecule has 0 aromatic heterocycles. The van der Waals surface area contributed by atoms with Crippen LogP contribution in [0.2, 0.25) is 0 Å². The number of rotatable bonds is 10. The van der Waals surface area contributed by atoms with Crippen LogP contribution in [0.4, 0.5) is 4.39 Å². The zero-order valence-corrected chi connectivity index (χ0v) is 21.5. The molecule has 9 heteroatoms. The lowest BCUT2D eigenvalue weighted by molar-refractivity contribution is -0.140. The van der Waals surface area contributed by atoms with E-state index in [4.69, 9.17) is 14.2 Å². The Bertz CT molecular complexity index is 1190. The lowest BCUT2D eigenvalue weighted by Gasteiger charge is -2.28.